The molecule has 4 rings (SSSR count). The van der Waals surface area contributed by atoms with Crippen molar-refractivity contribution in [2.45, 2.75) is 38.6 Å². The van der Waals surface area contributed by atoms with Crippen LogP contribution in [0.1, 0.15) is 43.4 Å². The van der Waals surface area contributed by atoms with E-state index in [2.05, 4.69) is 16.0 Å². The van der Waals surface area contributed by atoms with Crippen molar-refractivity contribution >= 4 is 23.2 Å². The lowest BCUT2D eigenvalue weighted by Crippen LogP contribution is -2.26. The van der Waals surface area contributed by atoms with Crippen LogP contribution in [0.3, 0.4) is 0 Å². The zero-order valence-electron chi connectivity index (χ0n) is 23.6. The lowest BCUT2D eigenvalue weighted by atomic mass is 9.95. The zero-order chi connectivity index (χ0) is 29.5. The maximum absolute atomic E-state index is 13.4. The summed E-state index contributed by atoms with van der Waals surface area (Å²) < 4.78 is 17.0. The highest BCUT2D eigenvalue weighted by Gasteiger charge is 2.29. The number of hydrogen-bond acceptors (Lipinski definition) is 8. The van der Waals surface area contributed by atoms with Gasteiger partial charge in [0.25, 0.3) is 0 Å². The molecule has 3 aromatic rings. The van der Waals surface area contributed by atoms with Gasteiger partial charge in [0, 0.05) is 31.1 Å². The molecule has 10 heteroatoms. The Morgan fingerprint density at radius 1 is 0.976 bits per heavy atom. The number of ether oxygens (including phenoxy) is 3. The van der Waals surface area contributed by atoms with Crippen LogP contribution in [0.4, 0.5) is 11.4 Å². The molecule has 0 fully saturated rings. The Bertz CT molecular complexity index is 1490. The third kappa shape index (κ3) is 6.71. The largest absolute Gasteiger partial charge is 0.508 e. The number of benzene rings is 2. The van der Waals surface area contributed by atoms with Crippen LogP contribution >= 0.6 is 0 Å². The fourth-order valence-corrected chi connectivity index (χ4v) is 5.09. The third-order valence-corrected chi connectivity index (χ3v) is 6.96. The van der Waals surface area contributed by atoms with Crippen molar-refractivity contribution in [2.75, 3.05) is 38.5 Å². The predicted molar refractivity (Wildman–Crippen MR) is 157 cm³/mol. The van der Waals surface area contributed by atoms with Crippen LogP contribution in [-0.4, -0.2) is 44.8 Å². The average molecular weight is 562 g/mol. The van der Waals surface area contributed by atoms with E-state index in [1.807, 2.05) is 12.1 Å². The van der Waals surface area contributed by atoms with Gasteiger partial charge in [-0.1, -0.05) is 6.07 Å². The summed E-state index contributed by atoms with van der Waals surface area (Å²) in [6, 6.07) is 12.9. The quantitative estimate of drug-likeness (QED) is 0.211. The Balaban J connectivity index is 1.63. The van der Waals surface area contributed by atoms with Gasteiger partial charge in [-0.25, -0.2) is 0 Å². The first-order valence-corrected chi connectivity index (χ1v) is 13.4. The van der Waals surface area contributed by atoms with E-state index in [-0.39, 0.29) is 29.4 Å². The van der Waals surface area contributed by atoms with E-state index in [0.717, 1.165) is 16.7 Å². The van der Waals surface area contributed by atoms with E-state index in [0.29, 0.717) is 60.0 Å². The molecule has 3 aromatic carbocycles. The number of aromatic hydroxyl groups is 1. The first-order valence-electron chi connectivity index (χ1n) is 13.4. The van der Waals surface area contributed by atoms with Gasteiger partial charge >= 0.3 is 0 Å². The van der Waals surface area contributed by atoms with Gasteiger partial charge in [0.2, 0.25) is 23.0 Å². The van der Waals surface area contributed by atoms with Crippen LogP contribution in [0.5, 0.6) is 23.0 Å². The number of phenols is 1. The minimum Gasteiger partial charge on any atom is -0.508 e. The van der Waals surface area contributed by atoms with Crippen LogP contribution in [0.2, 0.25) is 0 Å². The van der Waals surface area contributed by atoms with E-state index >= 15 is 0 Å². The maximum Gasteiger partial charge on any atom is 0.224 e. The summed E-state index contributed by atoms with van der Waals surface area (Å²) in [6.07, 6.45) is 1.92. The van der Waals surface area contributed by atoms with Gasteiger partial charge in [-0.3, -0.25) is 14.4 Å². The van der Waals surface area contributed by atoms with E-state index < -0.39 is 6.04 Å². The molecule has 2 amide bonds. The lowest BCUT2D eigenvalue weighted by molar-refractivity contribution is -0.119. The summed E-state index contributed by atoms with van der Waals surface area (Å²) in [5.41, 5.74) is 3.88. The summed E-state index contributed by atoms with van der Waals surface area (Å²) >= 11 is 0. The van der Waals surface area contributed by atoms with Gasteiger partial charge in [-0.2, -0.15) is 0 Å². The summed E-state index contributed by atoms with van der Waals surface area (Å²) in [4.78, 5) is 37.8. The molecule has 10 nitrogen and oxygen atoms in total. The highest BCUT2D eigenvalue weighted by atomic mass is 16.5. The minimum atomic E-state index is -0.395. The average Bonchev–Trinajstić information content (AvgIpc) is 3.19. The highest BCUT2D eigenvalue weighted by molar-refractivity contribution is 5.90. The Kier molecular flexibility index (Phi) is 9.34. The van der Waals surface area contributed by atoms with Crippen molar-refractivity contribution in [3.05, 3.63) is 69.9 Å². The van der Waals surface area contributed by atoms with E-state index in [9.17, 15) is 19.5 Å². The molecule has 0 saturated carbocycles. The molecule has 41 heavy (non-hydrogen) atoms. The number of nitrogens with one attached hydrogen (secondary N) is 3. The van der Waals surface area contributed by atoms with Crippen molar-refractivity contribution < 1.29 is 28.9 Å². The Labute approximate surface area is 238 Å². The van der Waals surface area contributed by atoms with Crippen molar-refractivity contribution in [1.82, 2.24) is 5.32 Å². The topological polar surface area (TPSA) is 135 Å². The SMILES string of the molecule is COc1cc2c(c(OC)c1OC)-c1ccc(NCCCC(=O)Nc3ccc(O)cc3)c(=O)cc1C(NC(C)=O)CC2. The van der Waals surface area contributed by atoms with Crippen molar-refractivity contribution in [3.8, 4) is 34.1 Å². The number of carbonyl (C=O) groups is 2. The zero-order valence-corrected chi connectivity index (χ0v) is 23.6. The lowest BCUT2D eigenvalue weighted by Gasteiger charge is -2.19. The molecule has 216 valence electrons. The number of rotatable bonds is 10. The van der Waals surface area contributed by atoms with Crippen LogP contribution in [0, 0.1) is 0 Å². The predicted octanol–water partition coefficient (Wildman–Crippen LogP) is 4.40. The van der Waals surface area contributed by atoms with Crippen LogP contribution in [-0.2, 0) is 16.0 Å². The smallest absolute Gasteiger partial charge is 0.224 e. The Hall–Kier alpha value is -4.73. The van der Waals surface area contributed by atoms with Gasteiger partial charge in [-0.05, 0) is 78.4 Å². The number of amides is 2. The van der Waals surface area contributed by atoms with Gasteiger partial charge in [0.05, 0.1) is 33.1 Å². The number of methoxy groups -OCH3 is 3. The highest BCUT2D eigenvalue weighted by Crippen LogP contribution is 2.50. The second-order valence-corrected chi connectivity index (χ2v) is 9.72. The molecule has 0 saturated heterocycles. The molecule has 1 unspecified atom stereocenters. The summed E-state index contributed by atoms with van der Waals surface area (Å²) in [5.74, 6) is 1.21. The van der Waals surface area contributed by atoms with Crippen molar-refractivity contribution in [1.29, 1.82) is 0 Å². The maximum atomic E-state index is 13.4. The van der Waals surface area contributed by atoms with Crippen LogP contribution < -0.4 is 35.6 Å². The van der Waals surface area contributed by atoms with Crippen LogP contribution in [0.15, 0.2) is 53.3 Å². The normalized spacial score (nSPS) is 13.6. The monoisotopic (exact) mass is 561 g/mol. The molecule has 0 radical (unpaired) electrons. The molecule has 1 aliphatic carbocycles. The molecule has 0 aromatic heterocycles. The second-order valence-electron chi connectivity index (χ2n) is 9.72. The minimum absolute atomic E-state index is 0.123. The number of anilines is 2. The number of carbonyl (C=O) groups excluding carboxylic acids is 2. The summed E-state index contributed by atoms with van der Waals surface area (Å²) in [5, 5.41) is 18.3. The molecule has 0 bridgehead atoms. The van der Waals surface area contributed by atoms with Gasteiger partial charge in [0.15, 0.2) is 11.5 Å². The summed E-state index contributed by atoms with van der Waals surface area (Å²) in [7, 11) is 4.66. The van der Waals surface area contributed by atoms with E-state index in [1.54, 1.807) is 38.5 Å². The van der Waals surface area contributed by atoms with Crippen molar-refractivity contribution in [3.63, 3.8) is 0 Å². The third-order valence-electron chi connectivity index (χ3n) is 6.96. The Morgan fingerprint density at radius 3 is 2.37 bits per heavy atom. The van der Waals surface area contributed by atoms with Gasteiger partial charge in [-0.15, -0.1) is 0 Å². The first-order chi connectivity index (χ1) is 19.7. The fourth-order valence-electron chi connectivity index (χ4n) is 5.09. The molecule has 1 atom stereocenters. The molecule has 0 heterocycles. The van der Waals surface area contributed by atoms with E-state index in [4.69, 9.17) is 14.2 Å². The molecular formula is C31H35N3O7. The number of phenolic OH excluding ortho intramolecular Hbond substituents is 1. The van der Waals surface area contributed by atoms with Gasteiger partial charge in [0.1, 0.15) is 5.75 Å². The molecular weight excluding hydrogens is 526 g/mol. The standard InChI is InChI=1S/C31H35N3O7/c1-18(35)33-24-13-7-19-16-27(39-2)30(40-3)31(41-4)29(19)22-12-14-25(26(37)17-23(22)24)32-15-5-6-28(38)34-20-8-10-21(36)11-9-20/h8-12,14,16-17,24,36H,5-7,13,15H2,1-4H3,(H,32,37)(H,33,35)(H,34,38). The van der Waals surface area contributed by atoms with Crippen molar-refractivity contribution in [2.24, 2.45) is 0 Å². The van der Waals surface area contributed by atoms with E-state index in [1.165, 1.54) is 26.2 Å². The number of fused-ring (bicyclic) bond motifs is 3. The summed E-state index contributed by atoms with van der Waals surface area (Å²) in [6.45, 7) is 1.85. The molecule has 0 spiro atoms. The van der Waals surface area contributed by atoms with Gasteiger partial charge < -0.3 is 35.3 Å². The first kappa shape index (κ1) is 29.3. The van der Waals surface area contributed by atoms with Crippen LogP contribution in [0.25, 0.3) is 11.1 Å². The Morgan fingerprint density at radius 2 is 1.71 bits per heavy atom. The molecule has 1 aliphatic rings. The second kappa shape index (κ2) is 13.1. The fraction of sp³-hybridized carbons (Fsp3) is 0.323. The molecule has 4 N–H and O–H groups in total. The number of hydrogen-bond donors (Lipinski definition) is 4. The number of aryl methyl sites for hydroxylation is 1. The molecule has 0 aliphatic heterocycles.